The third-order valence-electron chi connectivity index (χ3n) is 3.67. The van der Waals surface area contributed by atoms with Gasteiger partial charge in [-0.05, 0) is 62.1 Å². The number of benzene rings is 1. The van der Waals surface area contributed by atoms with Gasteiger partial charge in [0, 0.05) is 11.3 Å². The maximum absolute atomic E-state index is 8.94. The van der Waals surface area contributed by atoms with Gasteiger partial charge in [-0.3, -0.25) is 0 Å². The number of aromatic amines is 1. The van der Waals surface area contributed by atoms with Crippen LogP contribution in [0.1, 0.15) is 27.8 Å². The second kappa shape index (κ2) is 4.99. The Hall–Kier alpha value is -1.92. The Kier molecular flexibility index (Phi) is 3.55. The first-order valence-electron chi connectivity index (χ1n) is 6.17. The summed E-state index contributed by atoms with van der Waals surface area (Å²) in [5, 5.41) is 8.94. The van der Waals surface area contributed by atoms with E-state index < -0.39 is 0 Å². The molecule has 0 aliphatic rings. The number of pyridine rings is 1. The molecular weight excluding hydrogens is 252 g/mol. The number of hydrogen-bond donors (Lipinski definition) is 1. The summed E-state index contributed by atoms with van der Waals surface area (Å²) >= 11 is 5.21. The van der Waals surface area contributed by atoms with E-state index in [4.69, 9.17) is 17.5 Å². The summed E-state index contributed by atoms with van der Waals surface area (Å²) < 4.78 is 0.498. The molecule has 0 aliphatic carbocycles. The molecule has 0 radical (unpaired) electrons. The number of nitriles is 1. The number of rotatable bonds is 1. The van der Waals surface area contributed by atoms with Crippen molar-refractivity contribution in [2.45, 2.75) is 27.7 Å². The molecule has 96 valence electrons. The second-order valence-corrected chi connectivity index (χ2v) is 5.27. The van der Waals surface area contributed by atoms with Crippen molar-refractivity contribution < 1.29 is 0 Å². The average molecular weight is 268 g/mol. The molecular formula is C16H16N2S. The van der Waals surface area contributed by atoms with E-state index in [9.17, 15) is 0 Å². The van der Waals surface area contributed by atoms with Crippen molar-refractivity contribution in [1.29, 1.82) is 5.26 Å². The summed E-state index contributed by atoms with van der Waals surface area (Å²) in [7, 11) is 0. The molecule has 0 spiro atoms. The van der Waals surface area contributed by atoms with Crippen LogP contribution in [-0.2, 0) is 0 Å². The lowest BCUT2D eigenvalue weighted by molar-refractivity contribution is 1.20. The quantitative estimate of drug-likeness (QED) is 0.772. The van der Waals surface area contributed by atoms with E-state index in [2.05, 4.69) is 44.8 Å². The Morgan fingerprint density at radius 3 is 2.11 bits per heavy atom. The van der Waals surface area contributed by atoms with Crippen molar-refractivity contribution in [1.82, 2.24) is 4.98 Å². The van der Waals surface area contributed by atoms with E-state index >= 15 is 0 Å². The van der Waals surface area contributed by atoms with Crippen molar-refractivity contribution in [2.75, 3.05) is 0 Å². The van der Waals surface area contributed by atoms with E-state index in [-0.39, 0.29) is 0 Å². The van der Waals surface area contributed by atoms with Gasteiger partial charge in [0.2, 0.25) is 0 Å². The zero-order valence-corrected chi connectivity index (χ0v) is 12.4. The lowest BCUT2D eigenvalue weighted by Gasteiger charge is -2.15. The molecule has 0 fully saturated rings. The van der Waals surface area contributed by atoms with Crippen molar-refractivity contribution in [3.63, 3.8) is 0 Å². The first-order valence-corrected chi connectivity index (χ1v) is 6.57. The van der Waals surface area contributed by atoms with Gasteiger partial charge in [0.05, 0.1) is 5.56 Å². The fourth-order valence-corrected chi connectivity index (χ4v) is 2.55. The number of aromatic nitrogens is 1. The standard InChI is InChI=1S/C16H16N2S/c1-9-7-10(2)12(4)15(11(9)3)14-6-5-13(8-17)16(19)18-14/h5-7H,1-4H3,(H,18,19). The van der Waals surface area contributed by atoms with Crippen molar-refractivity contribution in [3.8, 4) is 17.3 Å². The highest BCUT2D eigenvalue weighted by Gasteiger charge is 2.11. The first kappa shape index (κ1) is 13.5. The lowest BCUT2D eigenvalue weighted by atomic mass is 9.92. The number of hydrogen-bond acceptors (Lipinski definition) is 2. The maximum atomic E-state index is 8.94. The highest BCUT2D eigenvalue weighted by Crippen LogP contribution is 2.30. The van der Waals surface area contributed by atoms with Gasteiger partial charge < -0.3 is 4.98 Å². The highest BCUT2D eigenvalue weighted by molar-refractivity contribution is 7.71. The molecule has 0 bridgehead atoms. The molecule has 0 atom stereocenters. The first-order chi connectivity index (χ1) is 8.95. The van der Waals surface area contributed by atoms with E-state index in [1.165, 1.54) is 27.8 Å². The molecule has 3 heteroatoms. The summed E-state index contributed by atoms with van der Waals surface area (Å²) in [6, 6.07) is 8.01. The molecule has 0 saturated heterocycles. The highest BCUT2D eigenvalue weighted by atomic mass is 32.1. The van der Waals surface area contributed by atoms with Gasteiger partial charge in [-0.15, -0.1) is 0 Å². The summed E-state index contributed by atoms with van der Waals surface area (Å²) in [4.78, 5) is 3.17. The number of nitrogens with one attached hydrogen (secondary N) is 1. The Labute approximate surface area is 118 Å². The summed E-state index contributed by atoms with van der Waals surface area (Å²) in [5.74, 6) is 0. The zero-order chi connectivity index (χ0) is 14.2. The fraction of sp³-hybridized carbons (Fsp3) is 0.250. The fourth-order valence-electron chi connectivity index (χ4n) is 2.33. The van der Waals surface area contributed by atoms with Crippen LogP contribution >= 0.6 is 12.2 Å². The van der Waals surface area contributed by atoms with E-state index in [1.807, 2.05) is 6.07 Å². The predicted molar refractivity (Wildman–Crippen MR) is 80.7 cm³/mol. The third-order valence-corrected chi connectivity index (χ3v) is 3.99. The average Bonchev–Trinajstić information content (AvgIpc) is 2.37. The van der Waals surface area contributed by atoms with Gasteiger partial charge in [0.25, 0.3) is 0 Å². The van der Waals surface area contributed by atoms with Crippen molar-refractivity contribution in [2.24, 2.45) is 0 Å². The Morgan fingerprint density at radius 1 is 1.05 bits per heavy atom. The van der Waals surface area contributed by atoms with Crippen molar-refractivity contribution >= 4 is 12.2 Å². The minimum atomic E-state index is 0.498. The van der Waals surface area contributed by atoms with Crippen LogP contribution in [-0.4, -0.2) is 4.98 Å². The summed E-state index contributed by atoms with van der Waals surface area (Å²) in [6.07, 6.45) is 0. The maximum Gasteiger partial charge on any atom is 0.121 e. The molecule has 1 aromatic carbocycles. The Morgan fingerprint density at radius 2 is 1.63 bits per heavy atom. The van der Waals surface area contributed by atoms with Crippen LogP contribution in [0.25, 0.3) is 11.3 Å². The Bertz CT molecular complexity index is 722. The van der Waals surface area contributed by atoms with Crippen LogP contribution in [0.3, 0.4) is 0 Å². The molecule has 1 aromatic heterocycles. The SMILES string of the molecule is Cc1cc(C)c(C)c(-c2ccc(C#N)c(=S)[nH]2)c1C. The van der Waals surface area contributed by atoms with Gasteiger partial charge in [0.15, 0.2) is 0 Å². The van der Waals surface area contributed by atoms with Gasteiger partial charge in [-0.2, -0.15) is 5.26 Å². The lowest BCUT2D eigenvalue weighted by Crippen LogP contribution is -1.97. The van der Waals surface area contributed by atoms with Crippen LogP contribution in [0.15, 0.2) is 18.2 Å². The zero-order valence-electron chi connectivity index (χ0n) is 11.6. The topological polar surface area (TPSA) is 39.6 Å². The molecule has 0 aliphatic heterocycles. The largest absolute Gasteiger partial charge is 0.345 e. The minimum absolute atomic E-state index is 0.498. The van der Waals surface area contributed by atoms with Gasteiger partial charge >= 0.3 is 0 Å². The van der Waals surface area contributed by atoms with Crippen LogP contribution in [0.2, 0.25) is 0 Å². The van der Waals surface area contributed by atoms with Crippen LogP contribution in [0.5, 0.6) is 0 Å². The third kappa shape index (κ3) is 2.32. The monoisotopic (exact) mass is 268 g/mol. The van der Waals surface area contributed by atoms with E-state index in [0.29, 0.717) is 10.2 Å². The molecule has 0 unspecified atom stereocenters. The normalized spacial score (nSPS) is 10.3. The van der Waals surface area contributed by atoms with Crippen LogP contribution < -0.4 is 0 Å². The molecule has 19 heavy (non-hydrogen) atoms. The van der Waals surface area contributed by atoms with Crippen LogP contribution in [0.4, 0.5) is 0 Å². The molecule has 2 rings (SSSR count). The summed E-state index contributed by atoms with van der Waals surface area (Å²) in [6.45, 7) is 8.46. The molecule has 2 aromatic rings. The smallest absolute Gasteiger partial charge is 0.121 e. The Balaban J connectivity index is 2.76. The number of H-pyrrole nitrogens is 1. The second-order valence-electron chi connectivity index (χ2n) is 4.86. The summed E-state index contributed by atoms with van der Waals surface area (Å²) in [5.41, 5.74) is 7.71. The van der Waals surface area contributed by atoms with E-state index in [0.717, 1.165) is 5.69 Å². The van der Waals surface area contributed by atoms with Gasteiger partial charge in [-0.25, -0.2) is 0 Å². The molecule has 2 nitrogen and oxygen atoms in total. The molecule has 0 amide bonds. The number of aryl methyl sites for hydroxylation is 2. The van der Waals surface area contributed by atoms with Crippen molar-refractivity contribution in [3.05, 3.63) is 50.7 Å². The van der Waals surface area contributed by atoms with E-state index in [1.54, 1.807) is 6.07 Å². The van der Waals surface area contributed by atoms with Gasteiger partial charge in [0.1, 0.15) is 10.7 Å². The number of nitrogens with zero attached hydrogens (tertiary/aromatic N) is 1. The van der Waals surface area contributed by atoms with Gasteiger partial charge in [-0.1, -0.05) is 18.3 Å². The molecule has 1 N–H and O–H groups in total. The predicted octanol–water partition coefficient (Wildman–Crippen LogP) is 4.52. The van der Waals surface area contributed by atoms with Crippen LogP contribution in [0, 0.1) is 43.7 Å². The molecule has 1 heterocycles. The minimum Gasteiger partial charge on any atom is -0.345 e. The molecule has 0 saturated carbocycles.